The quantitative estimate of drug-likeness (QED) is 0.704. The minimum Gasteiger partial charge on any atom is -0.383 e. The second-order valence-electron chi connectivity index (χ2n) is 5.75. The highest BCUT2D eigenvalue weighted by Crippen LogP contribution is 2.33. The Hall–Kier alpha value is -1.59. The number of amides is 1. The number of methoxy groups -OCH3 is 1. The number of nitrogens with zero attached hydrogens (tertiary/aromatic N) is 5. The van der Waals surface area contributed by atoms with E-state index in [2.05, 4.69) is 16.3 Å². The number of nitriles is 1. The zero-order chi connectivity index (χ0) is 16.7. The molecule has 23 heavy (non-hydrogen) atoms. The standard InChI is InChI=1S/C15H23N5O2S/c1-19(15(11-16)6-4-3-5-7-15)13(21)10-23-14-18-17-12-20(14)8-9-22-2/h12H,3-10H2,1-2H3. The minimum atomic E-state index is -0.639. The van der Waals surface area contributed by atoms with Crippen molar-refractivity contribution in [1.29, 1.82) is 5.26 Å². The maximum Gasteiger partial charge on any atom is 0.234 e. The molecular weight excluding hydrogens is 314 g/mol. The molecule has 1 heterocycles. The van der Waals surface area contributed by atoms with Gasteiger partial charge < -0.3 is 14.2 Å². The number of carbonyl (C=O) groups is 1. The average molecular weight is 337 g/mol. The summed E-state index contributed by atoms with van der Waals surface area (Å²) in [6, 6.07) is 2.38. The van der Waals surface area contributed by atoms with Crippen LogP contribution < -0.4 is 0 Å². The van der Waals surface area contributed by atoms with Crippen molar-refractivity contribution in [2.24, 2.45) is 0 Å². The molecular formula is C15H23N5O2S. The van der Waals surface area contributed by atoms with Gasteiger partial charge in [0.25, 0.3) is 0 Å². The molecule has 0 aromatic carbocycles. The number of hydrogen-bond acceptors (Lipinski definition) is 6. The van der Waals surface area contributed by atoms with E-state index in [0.29, 0.717) is 18.3 Å². The first-order chi connectivity index (χ1) is 11.1. The van der Waals surface area contributed by atoms with E-state index in [1.165, 1.54) is 11.8 Å². The lowest BCUT2D eigenvalue weighted by molar-refractivity contribution is -0.131. The highest BCUT2D eigenvalue weighted by atomic mass is 32.2. The fourth-order valence-corrected chi connectivity index (χ4v) is 3.68. The van der Waals surface area contributed by atoms with Crippen LogP contribution in [0.3, 0.4) is 0 Å². The Balaban J connectivity index is 1.94. The van der Waals surface area contributed by atoms with Gasteiger partial charge in [-0.15, -0.1) is 10.2 Å². The summed E-state index contributed by atoms with van der Waals surface area (Å²) in [7, 11) is 3.38. The topological polar surface area (TPSA) is 84.0 Å². The molecule has 0 saturated heterocycles. The van der Waals surface area contributed by atoms with E-state index >= 15 is 0 Å². The van der Waals surface area contributed by atoms with Crippen molar-refractivity contribution in [3.05, 3.63) is 6.33 Å². The molecule has 0 radical (unpaired) electrons. The van der Waals surface area contributed by atoms with Gasteiger partial charge in [-0.2, -0.15) is 5.26 Å². The Kier molecular flexibility index (Phi) is 6.42. The van der Waals surface area contributed by atoms with Gasteiger partial charge in [0.05, 0.1) is 18.4 Å². The monoisotopic (exact) mass is 337 g/mol. The molecule has 0 bridgehead atoms. The smallest absolute Gasteiger partial charge is 0.234 e. The largest absolute Gasteiger partial charge is 0.383 e. The Morgan fingerprint density at radius 3 is 2.91 bits per heavy atom. The second-order valence-corrected chi connectivity index (χ2v) is 6.69. The molecule has 0 N–H and O–H groups in total. The van der Waals surface area contributed by atoms with Gasteiger partial charge in [-0.1, -0.05) is 31.0 Å². The highest BCUT2D eigenvalue weighted by molar-refractivity contribution is 7.99. The van der Waals surface area contributed by atoms with Gasteiger partial charge in [0.15, 0.2) is 5.16 Å². The van der Waals surface area contributed by atoms with Crippen LogP contribution in [0.15, 0.2) is 11.5 Å². The van der Waals surface area contributed by atoms with Gasteiger partial charge in [0.1, 0.15) is 11.9 Å². The van der Waals surface area contributed by atoms with Gasteiger partial charge in [0.2, 0.25) is 5.91 Å². The van der Waals surface area contributed by atoms with E-state index in [1.807, 2.05) is 4.57 Å². The molecule has 0 unspecified atom stereocenters. The second kappa shape index (κ2) is 8.31. The van der Waals surface area contributed by atoms with E-state index in [-0.39, 0.29) is 11.7 Å². The molecule has 1 saturated carbocycles. The average Bonchev–Trinajstić information content (AvgIpc) is 3.05. The van der Waals surface area contributed by atoms with Crippen molar-refractivity contribution in [3.63, 3.8) is 0 Å². The molecule has 1 fully saturated rings. The number of aromatic nitrogens is 3. The predicted octanol–water partition coefficient (Wildman–Crippen LogP) is 1.70. The van der Waals surface area contributed by atoms with Crippen molar-refractivity contribution in [1.82, 2.24) is 19.7 Å². The lowest BCUT2D eigenvalue weighted by Crippen LogP contribution is -2.50. The molecule has 126 valence electrons. The van der Waals surface area contributed by atoms with E-state index in [0.717, 1.165) is 32.1 Å². The third kappa shape index (κ3) is 4.24. The SMILES string of the molecule is COCCn1cnnc1SCC(=O)N(C)C1(C#N)CCCCC1. The Morgan fingerprint density at radius 1 is 1.52 bits per heavy atom. The van der Waals surface area contributed by atoms with Crippen LogP contribution in [0.2, 0.25) is 0 Å². The molecule has 1 aliphatic carbocycles. The van der Waals surface area contributed by atoms with Crippen LogP contribution in [0.25, 0.3) is 0 Å². The summed E-state index contributed by atoms with van der Waals surface area (Å²) in [5, 5.41) is 18.2. The molecule has 7 nitrogen and oxygen atoms in total. The highest BCUT2D eigenvalue weighted by Gasteiger charge is 2.38. The summed E-state index contributed by atoms with van der Waals surface area (Å²) in [6.45, 7) is 1.22. The summed E-state index contributed by atoms with van der Waals surface area (Å²) in [4.78, 5) is 14.1. The molecule has 0 atom stereocenters. The van der Waals surface area contributed by atoms with E-state index < -0.39 is 5.54 Å². The zero-order valence-electron chi connectivity index (χ0n) is 13.7. The fourth-order valence-electron chi connectivity index (χ4n) is 2.82. The number of rotatable bonds is 7. The molecule has 1 aromatic rings. The van der Waals surface area contributed by atoms with Crippen LogP contribution in [-0.2, 0) is 16.1 Å². The van der Waals surface area contributed by atoms with Crippen LogP contribution in [0.5, 0.6) is 0 Å². The normalized spacial score (nSPS) is 16.7. The first-order valence-electron chi connectivity index (χ1n) is 7.80. The van der Waals surface area contributed by atoms with Crippen molar-refractivity contribution in [3.8, 4) is 6.07 Å². The van der Waals surface area contributed by atoms with Gasteiger partial charge >= 0.3 is 0 Å². The van der Waals surface area contributed by atoms with Crippen LogP contribution in [0.4, 0.5) is 0 Å². The minimum absolute atomic E-state index is 0.0419. The summed E-state index contributed by atoms with van der Waals surface area (Å²) in [5.74, 6) is 0.214. The van der Waals surface area contributed by atoms with Crippen molar-refractivity contribution >= 4 is 17.7 Å². The Bertz CT molecular complexity index is 562. The fraction of sp³-hybridized carbons (Fsp3) is 0.733. The first kappa shape index (κ1) is 17.8. The van der Waals surface area contributed by atoms with Gasteiger partial charge in [-0.25, -0.2) is 0 Å². The maximum absolute atomic E-state index is 12.5. The van der Waals surface area contributed by atoms with E-state index in [9.17, 15) is 10.1 Å². The lowest BCUT2D eigenvalue weighted by Gasteiger charge is -2.39. The van der Waals surface area contributed by atoms with E-state index in [4.69, 9.17) is 4.74 Å². The lowest BCUT2D eigenvalue weighted by atomic mass is 9.81. The molecule has 0 spiro atoms. The van der Waals surface area contributed by atoms with Gasteiger partial charge in [-0.3, -0.25) is 4.79 Å². The van der Waals surface area contributed by atoms with Crippen LogP contribution >= 0.6 is 11.8 Å². The third-order valence-corrected chi connectivity index (χ3v) is 5.31. The molecule has 1 amide bonds. The number of carbonyl (C=O) groups excluding carboxylic acids is 1. The van der Waals surface area contributed by atoms with Crippen molar-refractivity contribution in [2.45, 2.75) is 49.3 Å². The van der Waals surface area contributed by atoms with Crippen molar-refractivity contribution < 1.29 is 9.53 Å². The van der Waals surface area contributed by atoms with Crippen LogP contribution in [0, 0.1) is 11.3 Å². The summed E-state index contributed by atoms with van der Waals surface area (Å²) < 4.78 is 6.91. The molecule has 1 aliphatic rings. The Labute approximate surface area is 141 Å². The van der Waals surface area contributed by atoms with Gasteiger partial charge in [0, 0.05) is 20.7 Å². The van der Waals surface area contributed by atoms with Gasteiger partial charge in [-0.05, 0) is 12.8 Å². The van der Waals surface area contributed by atoms with E-state index in [1.54, 1.807) is 25.4 Å². The Morgan fingerprint density at radius 2 is 2.26 bits per heavy atom. The number of ether oxygens (including phenoxy) is 1. The molecule has 1 aromatic heterocycles. The summed E-state index contributed by atoms with van der Waals surface area (Å²) in [6.07, 6.45) is 6.31. The van der Waals surface area contributed by atoms with Crippen LogP contribution in [0.1, 0.15) is 32.1 Å². The van der Waals surface area contributed by atoms with Crippen LogP contribution in [-0.4, -0.2) is 57.6 Å². The number of hydrogen-bond donors (Lipinski definition) is 0. The molecule has 2 rings (SSSR count). The summed E-state index contributed by atoms with van der Waals surface area (Å²) in [5.41, 5.74) is -0.639. The third-order valence-electron chi connectivity index (χ3n) is 4.35. The molecule has 8 heteroatoms. The van der Waals surface area contributed by atoms with Crippen molar-refractivity contribution in [2.75, 3.05) is 26.5 Å². The summed E-state index contributed by atoms with van der Waals surface area (Å²) >= 11 is 1.35. The first-order valence-corrected chi connectivity index (χ1v) is 8.79. The zero-order valence-corrected chi connectivity index (χ0v) is 14.5. The maximum atomic E-state index is 12.5. The predicted molar refractivity (Wildman–Crippen MR) is 86.8 cm³/mol. The molecule has 0 aliphatic heterocycles. The number of thioether (sulfide) groups is 1.